The first-order valence-corrected chi connectivity index (χ1v) is 13.9. The molecule has 0 bridgehead atoms. The molecule has 1 heterocycles. The van der Waals surface area contributed by atoms with E-state index in [-0.39, 0.29) is 34.1 Å². The summed E-state index contributed by atoms with van der Waals surface area (Å²) in [7, 11) is 2.90. The number of carbonyl (C=O) groups excluding carboxylic acids is 4. The first kappa shape index (κ1) is 31.4. The minimum Gasteiger partial charge on any atom is -0.507 e. The van der Waals surface area contributed by atoms with E-state index < -0.39 is 48.2 Å². The van der Waals surface area contributed by atoms with Crippen LogP contribution in [0.3, 0.4) is 0 Å². The van der Waals surface area contributed by atoms with Crippen LogP contribution in [0.5, 0.6) is 17.2 Å². The molecule has 0 fully saturated rings. The predicted molar refractivity (Wildman–Crippen MR) is 153 cm³/mol. The number of ether oxygens (including phenoxy) is 4. The van der Waals surface area contributed by atoms with Crippen molar-refractivity contribution in [3.8, 4) is 17.2 Å². The van der Waals surface area contributed by atoms with E-state index in [0.29, 0.717) is 17.0 Å². The first-order chi connectivity index (χ1) is 19.3. The van der Waals surface area contributed by atoms with Crippen LogP contribution in [0, 0.1) is 6.92 Å². The Morgan fingerprint density at radius 3 is 2.54 bits per heavy atom. The maximum atomic E-state index is 13.3. The van der Waals surface area contributed by atoms with Crippen molar-refractivity contribution in [1.82, 2.24) is 10.6 Å². The van der Waals surface area contributed by atoms with Gasteiger partial charge in [-0.3, -0.25) is 9.59 Å². The monoisotopic (exact) mass is 589 g/mol. The fourth-order valence-electron chi connectivity index (χ4n) is 3.96. The molecule has 1 aliphatic rings. The zero-order valence-electron chi connectivity index (χ0n) is 23.8. The van der Waals surface area contributed by atoms with Crippen LogP contribution >= 0.6 is 11.8 Å². The lowest BCUT2D eigenvalue weighted by atomic mass is 10.0. The molecule has 3 rings (SSSR count). The van der Waals surface area contributed by atoms with Crippen LogP contribution in [-0.4, -0.2) is 73.2 Å². The number of esters is 1. The summed E-state index contributed by atoms with van der Waals surface area (Å²) in [6.07, 6.45) is -0.913. The van der Waals surface area contributed by atoms with E-state index >= 15 is 0 Å². The van der Waals surface area contributed by atoms with Gasteiger partial charge in [-0.2, -0.15) is 11.8 Å². The molecule has 4 N–H and O–H groups in total. The molecule has 0 saturated carbocycles. The van der Waals surface area contributed by atoms with Gasteiger partial charge in [-0.15, -0.1) is 0 Å². The minimum atomic E-state index is -1.40. The van der Waals surface area contributed by atoms with Crippen molar-refractivity contribution in [2.45, 2.75) is 51.1 Å². The number of cyclic esters (lactones) is 1. The van der Waals surface area contributed by atoms with Gasteiger partial charge < -0.3 is 40.0 Å². The van der Waals surface area contributed by atoms with Crippen molar-refractivity contribution < 1.29 is 43.2 Å². The standard InChI is InChI=1S/C28H35N3O9S/c1-15-22(38-6)11-21(32)18-13-41-14-20(25(34)29-16-8-7-9-17(10-16)37-5)30-24(33)19(12-39-26(35)23(15)18)31-27(36)40-28(2,3)4/h7-11,19-20,32H,12-14H2,1-6H3,(H,29,34)(H,30,33)(H,31,36)/t19-,20-/m0/s1. The quantitative estimate of drug-likeness (QED) is 0.381. The van der Waals surface area contributed by atoms with Gasteiger partial charge in [-0.25, -0.2) is 9.59 Å². The number of amides is 3. The normalized spacial score (nSPS) is 17.9. The average molecular weight is 590 g/mol. The number of benzene rings is 2. The summed E-state index contributed by atoms with van der Waals surface area (Å²) in [5.41, 5.74) is 0.374. The molecule has 0 saturated heterocycles. The molecule has 1 aliphatic heterocycles. The predicted octanol–water partition coefficient (Wildman–Crippen LogP) is 3.14. The summed E-state index contributed by atoms with van der Waals surface area (Å²) in [5.74, 6) is -1.30. The van der Waals surface area contributed by atoms with Gasteiger partial charge >= 0.3 is 12.1 Å². The molecule has 0 aliphatic carbocycles. The second-order valence-electron chi connectivity index (χ2n) is 10.2. The number of nitrogens with one attached hydrogen (secondary N) is 3. The van der Waals surface area contributed by atoms with Crippen molar-refractivity contribution in [2.75, 3.05) is 31.9 Å². The molecule has 2 aromatic carbocycles. The number of carbonyl (C=O) groups is 4. The third kappa shape index (κ3) is 8.43. The van der Waals surface area contributed by atoms with Gasteiger partial charge in [0.2, 0.25) is 11.8 Å². The number of alkyl carbamates (subject to hydrolysis) is 1. The van der Waals surface area contributed by atoms with E-state index in [1.54, 1.807) is 52.0 Å². The average Bonchev–Trinajstić information content (AvgIpc) is 2.90. The Labute approximate surface area is 242 Å². The molecule has 0 spiro atoms. The topological polar surface area (TPSA) is 162 Å². The highest BCUT2D eigenvalue weighted by atomic mass is 32.2. The summed E-state index contributed by atoms with van der Waals surface area (Å²) >= 11 is 1.21. The Morgan fingerprint density at radius 2 is 1.88 bits per heavy atom. The van der Waals surface area contributed by atoms with E-state index in [9.17, 15) is 24.3 Å². The second kappa shape index (κ2) is 13.5. The Bertz CT molecular complexity index is 1310. The smallest absolute Gasteiger partial charge is 0.408 e. The molecule has 13 heteroatoms. The van der Waals surface area contributed by atoms with E-state index in [0.717, 1.165) is 0 Å². The number of phenolic OH excluding ortho intramolecular Hbond substituents is 1. The molecule has 41 heavy (non-hydrogen) atoms. The van der Waals surface area contributed by atoms with Crippen LogP contribution in [-0.2, 0) is 24.8 Å². The van der Waals surface area contributed by atoms with Gasteiger partial charge in [0, 0.05) is 40.5 Å². The SMILES string of the molecule is COc1cccc(NC(=O)[C@@H]2CSCc3c(O)cc(OC)c(C)c3C(=O)OC[C@H](NC(=O)OC(C)(C)C)C(=O)N2)c1. The van der Waals surface area contributed by atoms with Crippen LogP contribution in [0.25, 0.3) is 0 Å². The molecule has 0 unspecified atom stereocenters. The van der Waals surface area contributed by atoms with Gasteiger partial charge in [-0.1, -0.05) is 6.07 Å². The third-order valence-electron chi connectivity index (χ3n) is 5.94. The molecule has 2 aromatic rings. The van der Waals surface area contributed by atoms with Gasteiger partial charge in [0.15, 0.2) is 0 Å². The summed E-state index contributed by atoms with van der Waals surface area (Å²) in [5, 5.41) is 18.5. The first-order valence-electron chi connectivity index (χ1n) is 12.7. The number of hydrogen-bond donors (Lipinski definition) is 4. The molecule has 2 atom stereocenters. The lowest BCUT2D eigenvalue weighted by Crippen LogP contribution is -2.55. The zero-order chi connectivity index (χ0) is 30.3. The summed E-state index contributed by atoms with van der Waals surface area (Å²) in [6.45, 7) is 6.04. The number of fused-ring (bicyclic) bond motifs is 1. The Morgan fingerprint density at radius 1 is 1.15 bits per heavy atom. The van der Waals surface area contributed by atoms with E-state index in [1.807, 2.05) is 0 Å². The van der Waals surface area contributed by atoms with Gasteiger partial charge in [-0.05, 0) is 39.8 Å². The maximum Gasteiger partial charge on any atom is 0.408 e. The molecular weight excluding hydrogens is 554 g/mol. The lowest BCUT2D eigenvalue weighted by Gasteiger charge is -2.26. The van der Waals surface area contributed by atoms with Crippen molar-refractivity contribution in [3.63, 3.8) is 0 Å². The number of methoxy groups -OCH3 is 2. The van der Waals surface area contributed by atoms with Gasteiger partial charge in [0.05, 0.1) is 19.8 Å². The Hall–Kier alpha value is -4.13. The van der Waals surface area contributed by atoms with Crippen LogP contribution in [0.15, 0.2) is 30.3 Å². The van der Waals surface area contributed by atoms with Crippen molar-refractivity contribution in [3.05, 3.63) is 47.0 Å². The van der Waals surface area contributed by atoms with E-state index in [2.05, 4.69) is 16.0 Å². The zero-order valence-corrected chi connectivity index (χ0v) is 24.6. The van der Waals surface area contributed by atoms with Crippen LogP contribution in [0.1, 0.15) is 42.3 Å². The fraction of sp³-hybridized carbons (Fsp3) is 0.429. The highest BCUT2D eigenvalue weighted by molar-refractivity contribution is 7.98. The number of phenols is 1. The number of aromatic hydroxyl groups is 1. The van der Waals surface area contributed by atoms with Crippen molar-refractivity contribution >= 4 is 41.3 Å². The highest BCUT2D eigenvalue weighted by Gasteiger charge is 2.32. The summed E-state index contributed by atoms with van der Waals surface area (Å²) in [4.78, 5) is 52.4. The highest BCUT2D eigenvalue weighted by Crippen LogP contribution is 2.35. The van der Waals surface area contributed by atoms with E-state index in [1.165, 1.54) is 32.0 Å². The fourth-order valence-corrected chi connectivity index (χ4v) is 5.04. The third-order valence-corrected chi connectivity index (χ3v) is 7.00. The van der Waals surface area contributed by atoms with Gasteiger partial charge in [0.1, 0.15) is 41.5 Å². The number of thioether (sulfide) groups is 1. The molecule has 12 nitrogen and oxygen atoms in total. The summed E-state index contributed by atoms with van der Waals surface area (Å²) < 4.78 is 21.2. The second-order valence-corrected chi connectivity index (χ2v) is 11.2. The lowest BCUT2D eigenvalue weighted by molar-refractivity contribution is -0.128. The molecule has 222 valence electrons. The molecule has 3 amide bonds. The number of rotatable bonds is 5. The van der Waals surface area contributed by atoms with E-state index in [4.69, 9.17) is 18.9 Å². The van der Waals surface area contributed by atoms with Crippen molar-refractivity contribution in [2.24, 2.45) is 0 Å². The number of hydrogen-bond acceptors (Lipinski definition) is 10. The van der Waals surface area contributed by atoms with Gasteiger partial charge in [0.25, 0.3) is 0 Å². The van der Waals surface area contributed by atoms with Crippen LogP contribution in [0.4, 0.5) is 10.5 Å². The van der Waals surface area contributed by atoms with Crippen LogP contribution < -0.4 is 25.4 Å². The molecule has 0 radical (unpaired) electrons. The minimum absolute atomic E-state index is 0.0692. The maximum absolute atomic E-state index is 13.3. The summed E-state index contributed by atoms with van der Waals surface area (Å²) in [6, 6.07) is 5.65. The Balaban J connectivity index is 1.96. The van der Waals surface area contributed by atoms with Crippen LogP contribution in [0.2, 0.25) is 0 Å². The van der Waals surface area contributed by atoms with Crippen molar-refractivity contribution in [1.29, 1.82) is 0 Å². The number of anilines is 1. The molecular formula is C28H35N3O9S. The molecule has 0 aromatic heterocycles. The largest absolute Gasteiger partial charge is 0.507 e. The Kier molecular flexibility index (Phi) is 10.3.